The van der Waals surface area contributed by atoms with Gasteiger partial charge in [-0.05, 0) is 24.3 Å². The number of benzene rings is 1. The molecule has 1 aliphatic heterocycles. The summed E-state index contributed by atoms with van der Waals surface area (Å²) in [7, 11) is 1.32. The van der Waals surface area contributed by atoms with Gasteiger partial charge in [-0.1, -0.05) is 20.8 Å². The molecule has 0 aliphatic carbocycles. The van der Waals surface area contributed by atoms with Crippen molar-refractivity contribution in [3.8, 4) is 0 Å². The van der Waals surface area contributed by atoms with Crippen molar-refractivity contribution in [1.29, 1.82) is 0 Å². The molecule has 6 heteroatoms. The van der Waals surface area contributed by atoms with Gasteiger partial charge in [0.1, 0.15) is 0 Å². The number of esters is 1. The lowest BCUT2D eigenvalue weighted by atomic mass is 9.94. The van der Waals surface area contributed by atoms with E-state index in [0.717, 1.165) is 0 Å². The summed E-state index contributed by atoms with van der Waals surface area (Å²) in [5, 5.41) is 0. The molecule has 0 unspecified atom stereocenters. The molecule has 2 rings (SSSR count). The number of rotatable bonds is 2. The second-order valence-corrected chi connectivity index (χ2v) is 6.90. The van der Waals surface area contributed by atoms with E-state index in [-0.39, 0.29) is 11.8 Å². The van der Waals surface area contributed by atoms with Gasteiger partial charge in [0, 0.05) is 37.2 Å². The SMILES string of the molecule is COC(=O)c1ccc(C(=O)N2CCN(C(=O)C(C)(C)C)CC2)cc1. The highest BCUT2D eigenvalue weighted by Crippen LogP contribution is 2.19. The summed E-state index contributed by atoms with van der Waals surface area (Å²) < 4.78 is 4.64. The van der Waals surface area contributed by atoms with E-state index >= 15 is 0 Å². The molecular formula is C18H24N2O4. The van der Waals surface area contributed by atoms with Crippen LogP contribution in [0.4, 0.5) is 0 Å². The maximum Gasteiger partial charge on any atom is 0.337 e. The zero-order chi connectivity index (χ0) is 17.9. The van der Waals surface area contributed by atoms with Crippen LogP contribution in [0.1, 0.15) is 41.5 Å². The first-order valence-corrected chi connectivity index (χ1v) is 8.01. The number of hydrogen-bond donors (Lipinski definition) is 0. The number of carbonyl (C=O) groups excluding carboxylic acids is 3. The van der Waals surface area contributed by atoms with Crippen LogP contribution in [0.15, 0.2) is 24.3 Å². The van der Waals surface area contributed by atoms with Crippen molar-refractivity contribution in [2.75, 3.05) is 33.3 Å². The number of hydrogen-bond acceptors (Lipinski definition) is 4. The molecule has 24 heavy (non-hydrogen) atoms. The van der Waals surface area contributed by atoms with Crippen LogP contribution in [-0.2, 0) is 9.53 Å². The molecule has 1 heterocycles. The molecule has 1 aromatic carbocycles. The lowest BCUT2D eigenvalue weighted by Crippen LogP contribution is -2.53. The largest absolute Gasteiger partial charge is 0.465 e. The van der Waals surface area contributed by atoms with Crippen molar-refractivity contribution in [1.82, 2.24) is 9.80 Å². The molecule has 1 saturated heterocycles. The fourth-order valence-electron chi connectivity index (χ4n) is 2.64. The van der Waals surface area contributed by atoms with Gasteiger partial charge < -0.3 is 14.5 Å². The van der Waals surface area contributed by atoms with Crippen molar-refractivity contribution in [3.05, 3.63) is 35.4 Å². The maximum atomic E-state index is 12.5. The van der Waals surface area contributed by atoms with Gasteiger partial charge in [0.15, 0.2) is 0 Å². The predicted molar refractivity (Wildman–Crippen MR) is 89.7 cm³/mol. The molecule has 6 nitrogen and oxygen atoms in total. The van der Waals surface area contributed by atoms with E-state index in [2.05, 4.69) is 4.74 Å². The Bertz CT molecular complexity index is 623. The third kappa shape index (κ3) is 3.93. The Labute approximate surface area is 142 Å². The number of piperazine rings is 1. The van der Waals surface area contributed by atoms with E-state index in [1.807, 2.05) is 25.7 Å². The lowest BCUT2D eigenvalue weighted by Gasteiger charge is -2.37. The van der Waals surface area contributed by atoms with E-state index in [9.17, 15) is 14.4 Å². The molecule has 0 saturated carbocycles. The Hall–Kier alpha value is -2.37. The number of methoxy groups -OCH3 is 1. The van der Waals surface area contributed by atoms with Gasteiger partial charge in [-0.3, -0.25) is 9.59 Å². The van der Waals surface area contributed by atoms with Gasteiger partial charge in [-0.2, -0.15) is 0 Å². The van der Waals surface area contributed by atoms with Gasteiger partial charge >= 0.3 is 5.97 Å². The monoisotopic (exact) mass is 332 g/mol. The van der Waals surface area contributed by atoms with Gasteiger partial charge in [-0.15, -0.1) is 0 Å². The van der Waals surface area contributed by atoms with Crippen LogP contribution in [0.3, 0.4) is 0 Å². The first-order valence-electron chi connectivity index (χ1n) is 8.01. The fraction of sp³-hybridized carbons (Fsp3) is 0.500. The number of nitrogens with zero attached hydrogens (tertiary/aromatic N) is 2. The van der Waals surface area contributed by atoms with Crippen molar-refractivity contribution >= 4 is 17.8 Å². The molecule has 0 bridgehead atoms. The minimum absolute atomic E-state index is 0.0886. The number of carbonyl (C=O) groups is 3. The van der Waals surface area contributed by atoms with Crippen molar-refractivity contribution in [2.24, 2.45) is 5.41 Å². The summed E-state index contributed by atoms with van der Waals surface area (Å²) in [4.78, 5) is 39.8. The Kier molecular flexibility index (Phi) is 5.26. The topological polar surface area (TPSA) is 66.9 Å². The van der Waals surface area contributed by atoms with E-state index in [0.29, 0.717) is 37.3 Å². The zero-order valence-corrected chi connectivity index (χ0v) is 14.7. The van der Waals surface area contributed by atoms with Crippen LogP contribution in [-0.4, -0.2) is 60.9 Å². The lowest BCUT2D eigenvalue weighted by molar-refractivity contribution is -0.140. The Morgan fingerprint density at radius 1 is 0.875 bits per heavy atom. The first-order chi connectivity index (χ1) is 11.2. The predicted octanol–water partition coefficient (Wildman–Crippen LogP) is 1.80. The van der Waals surface area contributed by atoms with Gasteiger partial charge in [-0.25, -0.2) is 4.79 Å². The summed E-state index contributed by atoms with van der Waals surface area (Å²) in [6.07, 6.45) is 0. The average molecular weight is 332 g/mol. The summed E-state index contributed by atoms with van der Waals surface area (Å²) in [5.74, 6) is -0.408. The van der Waals surface area contributed by atoms with Crippen LogP contribution < -0.4 is 0 Å². The molecule has 0 radical (unpaired) electrons. The highest BCUT2D eigenvalue weighted by atomic mass is 16.5. The number of amides is 2. The highest BCUT2D eigenvalue weighted by Gasteiger charge is 2.31. The minimum atomic E-state index is -0.427. The maximum absolute atomic E-state index is 12.5. The second-order valence-electron chi connectivity index (χ2n) is 6.90. The molecule has 1 aliphatic rings. The van der Waals surface area contributed by atoms with Crippen LogP contribution in [0.2, 0.25) is 0 Å². The van der Waals surface area contributed by atoms with Crippen molar-refractivity contribution in [3.63, 3.8) is 0 Å². The molecule has 0 spiro atoms. The van der Waals surface area contributed by atoms with Crippen LogP contribution in [0.25, 0.3) is 0 Å². The molecule has 130 valence electrons. The molecular weight excluding hydrogens is 308 g/mol. The van der Waals surface area contributed by atoms with E-state index in [1.54, 1.807) is 29.2 Å². The minimum Gasteiger partial charge on any atom is -0.465 e. The molecule has 2 amide bonds. The second kappa shape index (κ2) is 7.03. The van der Waals surface area contributed by atoms with Gasteiger partial charge in [0.2, 0.25) is 5.91 Å². The summed E-state index contributed by atoms with van der Waals surface area (Å²) in [6.45, 7) is 7.81. The zero-order valence-electron chi connectivity index (χ0n) is 14.7. The quantitative estimate of drug-likeness (QED) is 0.775. The Morgan fingerprint density at radius 3 is 1.79 bits per heavy atom. The summed E-state index contributed by atoms with van der Waals surface area (Å²) in [6, 6.07) is 6.42. The number of ether oxygens (including phenoxy) is 1. The van der Waals surface area contributed by atoms with Gasteiger partial charge in [0.25, 0.3) is 5.91 Å². The van der Waals surface area contributed by atoms with Gasteiger partial charge in [0.05, 0.1) is 12.7 Å². The standard InChI is InChI=1S/C18H24N2O4/c1-18(2,3)17(23)20-11-9-19(10-12-20)15(21)13-5-7-14(8-6-13)16(22)24-4/h5-8H,9-12H2,1-4H3. The molecule has 1 aromatic rings. The third-order valence-electron chi connectivity index (χ3n) is 4.05. The Morgan fingerprint density at radius 2 is 1.33 bits per heavy atom. The smallest absolute Gasteiger partial charge is 0.337 e. The first kappa shape index (κ1) is 18.0. The van der Waals surface area contributed by atoms with E-state index < -0.39 is 11.4 Å². The third-order valence-corrected chi connectivity index (χ3v) is 4.05. The summed E-state index contributed by atoms with van der Waals surface area (Å²) in [5.41, 5.74) is 0.531. The van der Waals surface area contributed by atoms with Crippen LogP contribution in [0.5, 0.6) is 0 Å². The Balaban J connectivity index is 1.98. The molecule has 0 aromatic heterocycles. The van der Waals surface area contributed by atoms with Crippen molar-refractivity contribution < 1.29 is 19.1 Å². The van der Waals surface area contributed by atoms with E-state index in [1.165, 1.54) is 7.11 Å². The normalized spacial score (nSPS) is 15.2. The summed E-state index contributed by atoms with van der Waals surface area (Å²) >= 11 is 0. The van der Waals surface area contributed by atoms with E-state index in [4.69, 9.17) is 0 Å². The average Bonchev–Trinajstić information content (AvgIpc) is 2.59. The molecule has 1 fully saturated rings. The van der Waals surface area contributed by atoms with Crippen LogP contribution >= 0.6 is 0 Å². The fourth-order valence-corrected chi connectivity index (χ4v) is 2.64. The van der Waals surface area contributed by atoms with Crippen molar-refractivity contribution in [2.45, 2.75) is 20.8 Å². The highest BCUT2D eigenvalue weighted by molar-refractivity contribution is 5.96. The molecule has 0 atom stereocenters. The van der Waals surface area contributed by atoms with Crippen LogP contribution in [0, 0.1) is 5.41 Å². The molecule has 0 N–H and O–H groups in total.